The molecule has 0 radical (unpaired) electrons. The van der Waals surface area contributed by atoms with Crippen molar-refractivity contribution in [3.63, 3.8) is 0 Å². The number of ether oxygens (including phenoxy) is 1. The highest BCUT2D eigenvalue weighted by Gasteiger charge is 2.10. The fraction of sp³-hybridized carbons (Fsp3) is 0.533. The Morgan fingerprint density at radius 2 is 1.95 bits per heavy atom. The van der Waals surface area contributed by atoms with Gasteiger partial charge in [-0.2, -0.15) is 0 Å². The fourth-order valence-corrected chi connectivity index (χ4v) is 2.36. The number of likely N-dealkylation sites (tertiary alicyclic amines) is 1. The molecule has 2 amide bonds. The van der Waals surface area contributed by atoms with E-state index in [0.29, 0.717) is 6.54 Å². The van der Waals surface area contributed by atoms with Crippen LogP contribution in [-0.2, 0) is 0 Å². The molecule has 0 bridgehead atoms. The first-order valence-electron chi connectivity index (χ1n) is 7.19. The molecule has 0 saturated carbocycles. The Kier molecular flexibility index (Phi) is 5.68. The van der Waals surface area contributed by atoms with Crippen LogP contribution in [0.4, 0.5) is 10.5 Å². The van der Waals surface area contributed by atoms with Crippen LogP contribution in [0.1, 0.15) is 19.3 Å². The van der Waals surface area contributed by atoms with E-state index in [0.717, 1.165) is 24.4 Å². The summed E-state index contributed by atoms with van der Waals surface area (Å²) >= 11 is 0. The van der Waals surface area contributed by atoms with Gasteiger partial charge in [0, 0.05) is 12.2 Å². The summed E-state index contributed by atoms with van der Waals surface area (Å²) in [7, 11) is 1.62. The molecule has 1 aromatic carbocycles. The van der Waals surface area contributed by atoms with Gasteiger partial charge in [-0.25, -0.2) is 4.79 Å². The molecule has 0 atom stereocenters. The summed E-state index contributed by atoms with van der Waals surface area (Å²) in [5.41, 5.74) is 0.767. The SMILES string of the molecule is COc1ccc(NC(=O)NCCCN2CCCC2)cc1. The van der Waals surface area contributed by atoms with Crippen LogP contribution in [0.15, 0.2) is 24.3 Å². The van der Waals surface area contributed by atoms with Crippen LogP contribution < -0.4 is 15.4 Å². The van der Waals surface area contributed by atoms with Gasteiger partial charge < -0.3 is 20.3 Å². The number of urea groups is 1. The number of carbonyl (C=O) groups excluding carboxylic acids is 1. The van der Waals surface area contributed by atoms with E-state index in [1.807, 2.05) is 24.3 Å². The third-order valence-electron chi connectivity index (χ3n) is 3.48. The molecule has 0 spiro atoms. The molecular formula is C15H23N3O2. The summed E-state index contributed by atoms with van der Waals surface area (Å²) in [6.45, 7) is 4.19. The number of nitrogens with zero attached hydrogens (tertiary/aromatic N) is 1. The summed E-state index contributed by atoms with van der Waals surface area (Å²) in [6, 6.07) is 7.13. The first-order chi connectivity index (χ1) is 9.78. The molecule has 1 heterocycles. The third kappa shape index (κ3) is 4.74. The molecule has 5 heteroatoms. The number of anilines is 1. The van der Waals surface area contributed by atoms with Gasteiger partial charge in [-0.05, 0) is 63.2 Å². The number of carbonyl (C=O) groups is 1. The second kappa shape index (κ2) is 7.75. The topological polar surface area (TPSA) is 53.6 Å². The maximum absolute atomic E-state index is 11.7. The molecule has 5 nitrogen and oxygen atoms in total. The van der Waals surface area contributed by atoms with Crippen molar-refractivity contribution in [2.24, 2.45) is 0 Å². The summed E-state index contributed by atoms with van der Waals surface area (Å²) in [5.74, 6) is 0.779. The zero-order valence-electron chi connectivity index (χ0n) is 12.0. The molecule has 0 unspecified atom stereocenters. The zero-order valence-corrected chi connectivity index (χ0v) is 12.0. The minimum absolute atomic E-state index is 0.156. The van der Waals surface area contributed by atoms with E-state index < -0.39 is 0 Å². The van der Waals surface area contributed by atoms with Crippen molar-refractivity contribution in [3.05, 3.63) is 24.3 Å². The molecule has 0 aliphatic carbocycles. The maximum atomic E-state index is 11.7. The van der Waals surface area contributed by atoms with Gasteiger partial charge in [0.05, 0.1) is 7.11 Å². The van der Waals surface area contributed by atoms with Crippen LogP contribution in [0.25, 0.3) is 0 Å². The second-order valence-corrected chi connectivity index (χ2v) is 5.01. The number of hydrogen-bond acceptors (Lipinski definition) is 3. The van der Waals surface area contributed by atoms with E-state index >= 15 is 0 Å². The van der Waals surface area contributed by atoms with Gasteiger partial charge in [-0.3, -0.25) is 0 Å². The zero-order chi connectivity index (χ0) is 14.2. The van der Waals surface area contributed by atoms with Crippen molar-refractivity contribution in [2.45, 2.75) is 19.3 Å². The average molecular weight is 277 g/mol. The molecule has 1 aliphatic rings. The van der Waals surface area contributed by atoms with Gasteiger partial charge in [-0.1, -0.05) is 0 Å². The van der Waals surface area contributed by atoms with Gasteiger partial charge in [0.1, 0.15) is 5.75 Å². The van der Waals surface area contributed by atoms with Gasteiger partial charge in [0.15, 0.2) is 0 Å². The normalized spacial score (nSPS) is 15.1. The maximum Gasteiger partial charge on any atom is 0.319 e. The number of methoxy groups -OCH3 is 1. The number of benzene rings is 1. The van der Waals surface area contributed by atoms with Crippen molar-refractivity contribution < 1.29 is 9.53 Å². The van der Waals surface area contributed by atoms with Crippen molar-refractivity contribution >= 4 is 11.7 Å². The summed E-state index contributed by atoms with van der Waals surface area (Å²) in [6.07, 6.45) is 3.62. The van der Waals surface area contributed by atoms with E-state index in [1.165, 1.54) is 25.9 Å². The minimum atomic E-state index is -0.156. The Labute approximate surface area is 120 Å². The molecule has 110 valence electrons. The summed E-state index contributed by atoms with van der Waals surface area (Å²) in [5, 5.41) is 5.68. The van der Waals surface area contributed by atoms with Gasteiger partial charge >= 0.3 is 6.03 Å². The highest BCUT2D eigenvalue weighted by molar-refractivity contribution is 5.89. The van der Waals surface area contributed by atoms with Crippen molar-refractivity contribution in [3.8, 4) is 5.75 Å². The Morgan fingerprint density at radius 3 is 2.60 bits per heavy atom. The predicted molar refractivity (Wildman–Crippen MR) is 80.3 cm³/mol. The van der Waals surface area contributed by atoms with Gasteiger partial charge in [0.2, 0.25) is 0 Å². The lowest BCUT2D eigenvalue weighted by molar-refractivity contribution is 0.251. The van der Waals surface area contributed by atoms with Crippen molar-refractivity contribution in [1.29, 1.82) is 0 Å². The Hall–Kier alpha value is -1.75. The van der Waals surface area contributed by atoms with Crippen molar-refractivity contribution in [1.82, 2.24) is 10.2 Å². The quantitative estimate of drug-likeness (QED) is 0.785. The van der Waals surface area contributed by atoms with E-state index in [2.05, 4.69) is 15.5 Å². The molecule has 0 aromatic heterocycles. The number of amides is 2. The Balaban J connectivity index is 1.61. The largest absolute Gasteiger partial charge is 0.497 e. The second-order valence-electron chi connectivity index (χ2n) is 5.01. The molecule has 1 aromatic rings. The smallest absolute Gasteiger partial charge is 0.319 e. The Morgan fingerprint density at radius 1 is 1.25 bits per heavy atom. The molecule has 1 aliphatic heterocycles. The number of hydrogen-bond donors (Lipinski definition) is 2. The lowest BCUT2D eigenvalue weighted by Crippen LogP contribution is -2.31. The highest BCUT2D eigenvalue weighted by atomic mass is 16.5. The van der Waals surface area contributed by atoms with Crippen LogP contribution in [-0.4, -0.2) is 44.2 Å². The lowest BCUT2D eigenvalue weighted by atomic mass is 10.3. The third-order valence-corrected chi connectivity index (χ3v) is 3.48. The van der Waals surface area contributed by atoms with E-state index in [9.17, 15) is 4.79 Å². The van der Waals surface area contributed by atoms with Gasteiger partial charge in [0.25, 0.3) is 0 Å². The molecule has 1 saturated heterocycles. The van der Waals surface area contributed by atoms with Crippen LogP contribution in [0.2, 0.25) is 0 Å². The average Bonchev–Trinajstić information content (AvgIpc) is 2.98. The van der Waals surface area contributed by atoms with Crippen LogP contribution >= 0.6 is 0 Å². The first kappa shape index (κ1) is 14.7. The molecular weight excluding hydrogens is 254 g/mol. The van der Waals surface area contributed by atoms with Crippen LogP contribution in [0.3, 0.4) is 0 Å². The standard InChI is InChI=1S/C15H23N3O2/c1-20-14-7-5-13(6-8-14)17-15(19)16-9-4-12-18-10-2-3-11-18/h5-8H,2-4,9-12H2,1H3,(H2,16,17,19). The lowest BCUT2D eigenvalue weighted by Gasteiger charge is -2.14. The molecule has 2 rings (SSSR count). The molecule has 1 fully saturated rings. The molecule has 20 heavy (non-hydrogen) atoms. The Bertz CT molecular complexity index is 414. The monoisotopic (exact) mass is 277 g/mol. The van der Waals surface area contributed by atoms with Crippen LogP contribution in [0, 0.1) is 0 Å². The number of nitrogens with one attached hydrogen (secondary N) is 2. The van der Waals surface area contributed by atoms with E-state index in [-0.39, 0.29) is 6.03 Å². The predicted octanol–water partition coefficient (Wildman–Crippen LogP) is 2.30. The molecule has 2 N–H and O–H groups in total. The summed E-state index contributed by atoms with van der Waals surface area (Å²) in [4.78, 5) is 14.1. The fourth-order valence-electron chi connectivity index (χ4n) is 2.36. The van der Waals surface area contributed by atoms with Crippen molar-refractivity contribution in [2.75, 3.05) is 38.6 Å². The number of rotatable bonds is 6. The summed E-state index contributed by atoms with van der Waals surface area (Å²) < 4.78 is 5.07. The highest BCUT2D eigenvalue weighted by Crippen LogP contribution is 2.14. The van der Waals surface area contributed by atoms with Gasteiger partial charge in [-0.15, -0.1) is 0 Å². The van der Waals surface area contributed by atoms with Crippen LogP contribution in [0.5, 0.6) is 5.75 Å². The first-order valence-corrected chi connectivity index (χ1v) is 7.19. The van der Waals surface area contributed by atoms with E-state index in [1.54, 1.807) is 7.11 Å². The van der Waals surface area contributed by atoms with E-state index in [4.69, 9.17) is 4.74 Å². The minimum Gasteiger partial charge on any atom is -0.497 e.